The van der Waals surface area contributed by atoms with Gasteiger partial charge in [0.25, 0.3) is 10.1 Å². The van der Waals surface area contributed by atoms with E-state index in [0.717, 1.165) is 11.9 Å². The first-order chi connectivity index (χ1) is 4.11. The van der Waals surface area contributed by atoms with E-state index in [-0.39, 0.29) is 0 Å². The van der Waals surface area contributed by atoms with Gasteiger partial charge in [0, 0.05) is 0 Å². The van der Waals surface area contributed by atoms with Crippen molar-refractivity contribution >= 4 is 28.4 Å². The zero-order valence-corrected chi connectivity index (χ0v) is 5.74. The summed E-state index contributed by atoms with van der Waals surface area (Å²) in [5.74, 6) is 0. The van der Waals surface area contributed by atoms with Crippen LogP contribution in [0.2, 0.25) is 0 Å². The summed E-state index contributed by atoms with van der Waals surface area (Å²) in [4.78, 5) is 3.27. The highest BCUT2D eigenvalue weighted by Crippen LogP contribution is 2.16. The van der Waals surface area contributed by atoms with E-state index in [4.69, 9.17) is 4.55 Å². The van der Waals surface area contributed by atoms with Crippen molar-refractivity contribution < 1.29 is 13.0 Å². The lowest BCUT2D eigenvalue weighted by atomic mass is 11.3. The van der Waals surface area contributed by atoms with Crippen molar-refractivity contribution in [3.8, 4) is 0 Å². The zero-order chi connectivity index (χ0) is 6.91. The number of hydrogen-bond acceptors (Lipinski definition) is 5. The summed E-state index contributed by atoms with van der Waals surface area (Å²) in [7, 11) is -4.03. The number of aliphatic imine (C=N–C) groups is 1. The molecule has 0 aromatic heterocycles. The molecule has 0 amide bonds. The molecule has 1 aliphatic rings. The normalized spacial score (nSPS) is 26.1. The predicted octanol–water partition coefficient (Wildman–Crippen LogP) is -0.685. The second-order valence-electron chi connectivity index (χ2n) is 1.28. The lowest BCUT2D eigenvalue weighted by Crippen LogP contribution is -2.12. The summed E-state index contributed by atoms with van der Waals surface area (Å²) < 4.78 is 29.9. The van der Waals surface area contributed by atoms with Crippen LogP contribution in [-0.4, -0.2) is 24.0 Å². The molecule has 0 spiro atoms. The van der Waals surface area contributed by atoms with Gasteiger partial charge < -0.3 is 4.72 Å². The topological polar surface area (TPSA) is 78.8 Å². The highest BCUT2D eigenvalue weighted by Gasteiger charge is 2.25. The zero-order valence-electron chi connectivity index (χ0n) is 4.10. The first kappa shape index (κ1) is 6.84. The molecule has 1 unspecified atom stereocenters. The third-order valence-corrected chi connectivity index (χ3v) is 2.78. The first-order valence-electron chi connectivity index (χ1n) is 1.92. The van der Waals surface area contributed by atoms with Crippen LogP contribution in [0.5, 0.6) is 0 Å². The van der Waals surface area contributed by atoms with E-state index in [1.807, 2.05) is 0 Å². The van der Waals surface area contributed by atoms with Crippen LogP contribution < -0.4 is 4.72 Å². The van der Waals surface area contributed by atoms with Gasteiger partial charge in [-0.05, 0) is 11.9 Å². The molecule has 1 radical (unpaired) electrons. The minimum Gasteiger partial charge on any atom is -0.309 e. The summed E-state index contributed by atoms with van der Waals surface area (Å²) in [5, 5.41) is 0. The van der Waals surface area contributed by atoms with Crippen molar-refractivity contribution in [3.63, 3.8) is 0 Å². The summed E-state index contributed by atoms with van der Waals surface area (Å²) in [6.45, 7) is 0. The van der Waals surface area contributed by atoms with E-state index < -0.39 is 14.8 Å². The maximum Gasteiger partial charge on any atom is 0.299 e. The van der Waals surface area contributed by atoms with Gasteiger partial charge in [-0.1, -0.05) is 0 Å². The Bertz CT molecular complexity index is 220. The van der Waals surface area contributed by atoms with Gasteiger partial charge >= 0.3 is 0 Å². The van der Waals surface area contributed by atoms with Crippen molar-refractivity contribution in [2.45, 2.75) is 4.71 Å². The number of nitrogens with zero attached hydrogens (tertiary/aromatic N) is 1. The maximum atomic E-state index is 10.2. The third-order valence-electron chi connectivity index (χ3n) is 0.630. The highest BCUT2D eigenvalue weighted by atomic mass is 32.3. The minimum atomic E-state index is -4.03. The Balaban J connectivity index is 2.76. The molecule has 0 aromatic carbocycles. The third kappa shape index (κ3) is 1.57. The van der Waals surface area contributed by atoms with Crippen molar-refractivity contribution in [3.05, 3.63) is 0 Å². The van der Waals surface area contributed by atoms with Crippen LogP contribution in [0.15, 0.2) is 4.99 Å². The summed E-state index contributed by atoms with van der Waals surface area (Å²) >= 11 is 0.784. The van der Waals surface area contributed by atoms with E-state index in [0.29, 0.717) is 0 Å². The van der Waals surface area contributed by atoms with Gasteiger partial charge in [0.2, 0.25) is 4.71 Å². The molecule has 1 aliphatic heterocycles. The molecule has 0 aromatic rings. The van der Waals surface area contributed by atoms with Gasteiger partial charge in [0.15, 0.2) is 6.34 Å². The second kappa shape index (κ2) is 2.16. The molecule has 1 rings (SSSR count). The standard InChI is InChI=1S/C2H3N2O3S2/c5-9(6,7)2-3-1-4-8-2/h2H,(H,3,4)(H,5,6,7). The molecule has 7 heteroatoms. The molecule has 5 nitrogen and oxygen atoms in total. The average Bonchev–Trinajstić information content (AvgIpc) is 2.08. The van der Waals surface area contributed by atoms with E-state index in [1.165, 1.54) is 0 Å². The van der Waals surface area contributed by atoms with Crippen molar-refractivity contribution in [1.82, 2.24) is 4.72 Å². The van der Waals surface area contributed by atoms with Gasteiger partial charge in [-0.3, -0.25) is 4.55 Å². The van der Waals surface area contributed by atoms with Crippen LogP contribution in [0.4, 0.5) is 0 Å². The van der Waals surface area contributed by atoms with E-state index in [2.05, 4.69) is 16.1 Å². The van der Waals surface area contributed by atoms with Crippen molar-refractivity contribution in [2.24, 2.45) is 4.99 Å². The Morgan fingerprint density at radius 1 is 1.78 bits per heavy atom. The SMILES string of the molecule is O=S(=O)(O)C1N=[C]NS1. The van der Waals surface area contributed by atoms with Gasteiger partial charge in [-0.2, -0.15) is 8.42 Å². The number of hydrogen-bond donors (Lipinski definition) is 2. The number of rotatable bonds is 1. The van der Waals surface area contributed by atoms with Crippen LogP contribution >= 0.6 is 11.9 Å². The van der Waals surface area contributed by atoms with Crippen LogP contribution in [0, 0.1) is 0 Å². The Labute approximate surface area is 56.4 Å². The van der Waals surface area contributed by atoms with Crippen molar-refractivity contribution in [1.29, 1.82) is 0 Å². The molecule has 9 heavy (non-hydrogen) atoms. The first-order valence-corrected chi connectivity index (χ1v) is 4.31. The lowest BCUT2D eigenvalue weighted by molar-refractivity contribution is 0.481. The van der Waals surface area contributed by atoms with E-state index in [9.17, 15) is 8.42 Å². The fraction of sp³-hybridized carbons (Fsp3) is 0.500. The van der Waals surface area contributed by atoms with E-state index in [1.54, 1.807) is 0 Å². The van der Waals surface area contributed by atoms with Gasteiger partial charge in [-0.25, -0.2) is 4.99 Å². The molecule has 1 heterocycles. The monoisotopic (exact) mass is 167 g/mol. The van der Waals surface area contributed by atoms with Crippen LogP contribution in [0.25, 0.3) is 0 Å². The summed E-state index contributed by atoms with van der Waals surface area (Å²) in [5.41, 5.74) is 0. The molecule has 2 N–H and O–H groups in total. The molecule has 0 saturated heterocycles. The van der Waals surface area contributed by atoms with Crippen LogP contribution in [-0.2, 0) is 10.1 Å². The molecule has 0 bridgehead atoms. The maximum absolute atomic E-state index is 10.2. The van der Waals surface area contributed by atoms with Gasteiger partial charge in [0.05, 0.1) is 0 Å². The molecule has 0 saturated carbocycles. The Kier molecular flexibility index (Phi) is 1.64. The van der Waals surface area contributed by atoms with Crippen LogP contribution in [0.3, 0.4) is 0 Å². The molecule has 0 aliphatic carbocycles. The average molecular weight is 167 g/mol. The Morgan fingerprint density at radius 2 is 2.44 bits per heavy atom. The molecule has 51 valence electrons. The quantitative estimate of drug-likeness (QED) is 0.399. The van der Waals surface area contributed by atoms with E-state index >= 15 is 0 Å². The fourth-order valence-electron chi connectivity index (χ4n) is 0.310. The highest BCUT2D eigenvalue weighted by molar-refractivity contribution is 8.11. The molecular formula is C2H3N2O3S2. The van der Waals surface area contributed by atoms with Crippen molar-refractivity contribution in [2.75, 3.05) is 0 Å². The lowest BCUT2D eigenvalue weighted by Gasteiger charge is -1.97. The predicted molar refractivity (Wildman–Crippen MR) is 33.5 cm³/mol. The Hall–Kier alpha value is -0.270. The Morgan fingerprint density at radius 3 is 2.67 bits per heavy atom. The van der Waals surface area contributed by atoms with Crippen LogP contribution in [0.1, 0.15) is 0 Å². The van der Waals surface area contributed by atoms with Gasteiger partial charge in [0.1, 0.15) is 0 Å². The smallest absolute Gasteiger partial charge is 0.299 e. The minimum absolute atomic E-state index is 0.784. The summed E-state index contributed by atoms with van der Waals surface area (Å²) in [6.07, 6.45) is 2.18. The van der Waals surface area contributed by atoms with Gasteiger partial charge in [-0.15, -0.1) is 0 Å². The fourth-order valence-corrected chi connectivity index (χ4v) is 1.44. The summed E-state index contributed by atoms with van der Waals surface area (Å²) in [6, 6.07) is 0. The molecule has 0 fully saturated rings. The largest absolute Gasteiger partial charge is 0.309 e. The number of nitrogens with one attached hydrogen (secondary N) is 1. The molecular weight excluding hydrogens is 164 g/mol. The second-order valence-corrected chi connectivity index (χ2v) is 3.94. The molecule has 1 atom stereocenters.